The second-order valence-corrected chi connectivity index (χ2v) is 5.73. The van der Waals surface area contributed by atoms with Crippen molar-refractivity contribution in [3.8, 4) is 0 Å². The van der Waals surface area contributed by atoms with Gasteiger partial charge in [0.25, 0.3) is 0 Å². The van der Waals surface area contributed by atoms with Gasteiger partial charge in [-0.1, -0.05) is 18.2 Å². The average molecular weight is 309 g/mol. The molecule has 2 amide bonds. The Morgan fingerprint density at radius 2 is 2.09 bits per heavy atom. The van der Waals surface area contributed by atoms with Gasteiger partial charge in [0.2, 0.25) is 0 Å². The summed E-state index contributed by atoms with van der Waals surface area (Å²) in [7, 11) is 0. The van der Waals surface area contributed by atoms with Gasteiger partial charge in [0.1, 0.15) is 0 Å². The van der Waals surface area contributed by atoms with Crippen LogP contribution in [0.25, 0.3) is 10.9 Å². The third kappa shape index (κ3) is 3.94. The minimum Gasteiger partial charge on any atom is -0.348 e. The molecule has 1 aliphatic rings. The molecule has 1 aromatic carbocycles. The largest absolute Gasteiger partial charge is 0.348 e. The van der Waals surface area contributed by atoms with E-state index in [0.29, 0.717) is 18.2 Å². The van der Waals surface area contributed by atoms with Gasteiger partial charge in [-0.15, -0.1) is 0 Å². The van der Waals surface area contributed by atoms with E-state index in [4.69, 9.17) is 0 Å². The van der Waals surface area contributed by atoms with Crippen molar-refractivity contribution in [2.24, 2.45) is 5.92 Å². The molecule has 1 unspecified atom stereocenters. The minimum atomic E-state index is -0.639. The number of anilines is 1. The second-order valence-electron chi connectivity index (χ2n) is 5.73. The monoisotopic (exact) mass is 309 g/mol. The van der Waals surface area contributed by atoms with Crippen LogP contribution < -0.4 is 10.6 Å². The Bertz CT molecular complexity index is 755. The van der Waals surface area contributed by atoms with Crippen molar-refractivity contribution in [1.29, 1.82) is 0 Å². The van der Waals surface area contributed by atoms with E-state index in [9.17, 15) is 9.59 Å². The summed E-state index contributed by atoms with van der Waals surface area (Å²) < 4.78 is 0. The highest BCUT2D eigenvalue weighted by Crippen LogP contribution is 2.18. The summed E-state index contributed by atoms with van der Waals surface area (Å²) in [5, 5.41) is 6.26. The first kappa shape index (κ1) is 15.2. The maximum absolute atomic E-state index is 12.0. The van der Waals surface area contributed by atoms with Crippen molar-refractivity contribution in [1.82, 2.24) is 10.3 Å². The zero-order chi connectivity index (χ0) is 16.1. The molecule has 0 saturated carbocycles. The van der Waals surface area contributed by atoms with Crippen molar-refractivity contribution < 1.29 is 9.59 Å². The average Bonchev–Trinajstić information content (AvgIpc) is 2.60. The molecule has 0 bridgehead atoms. The highest BCUT2D eigenvalue weighted by Gasteiger charge is 2.16. The number of carbonyl (C=O) groups is 2. The first-order valence-corrected chi connectivity index (χ1v) is 7.81. The molecule has 118 valence electrons. The Morgan fingerprint density at radius 1 is 1.17 bits per heavy atom. The molecule has 5 nitrogen and oxygen atoms in total. The van der Waals surface area contributed by atoms with Gasteiger partial charge < -0.3 is 10.6 Å². The number of carbonyl (C=O) groups excluding carboxylic acids is 2. The third-order valence-corrected chi connectivity index (χ3v) is 4.00. The zero-order valence-corrected chi connectivity index (χ0v) is 12.8. The Labute approximate surface area is 134 Å². The maximum Gasteiger partial charge on any atom is 0.313 e. The molecule has 1 aliphatic carbocycles. The molecule has 5 heteroatoms. The van der Waals surface area contributed by atoms with Crippen LogP contribution in [0, 0.1) is 5.92 Å². The number of fused-ring (bicyclic) bond motifs is 1. The highest BCUT2D eigenvalue weighted by atomic mass is 16.2. The lowest BCUT2D eigenvalue weighted by atomic mass is 9.94. The molecule has 0 radical (unpaired) electrons. The smallest absolute Gasteiger partial charge is 0.313 e. The lowest BCUT2D eigenvalue weighted by Gasteiger charge is -2.17. The topological polar surface area (TPSA) is 71.1 Å². The van der Waals surface area contributed by atoms with Gasteiger partial charge in [-0.2, -0.15) is 0 Å². The van der Waals surface area contributed by atoms with E-state index < -0.39 is 11.8 Å². The summed E-state index contributed by atoms with van der Waals surface area (Å²) in [6, 6.07) is 9.11. The van der Waals surface area contributed by atoms with E-state index in [0.717, 1.165) is 30.2 Å². The fourth-order valence-electron chi connectivity index (χ4n) is 2.70. The Morgan fingerprint density at radius 3 is 2.91 bits per heavy atom. The molecule has 23 heavy (non-hydrogen) atoms. The SMILES string of the molecule is O=C(NCC1CC=CCC1)C(=O)Nc1ccc2ncccc2c1. The van der Waals surface area contributed by atoms with Crippen LogP contribution in [0.3, 0.4) is 0 Å². The van der Waals surface area contributed by atoms with Crippen LogP contribution in [-0.4, -0.2) is 23.3 Å². The van der Waals surface area contributed by atoms with Crippen molar-refractivity contribution in [2.45, 2.75) is 19.3 Å². The number of hydrogen-bond acceptors (Lipinski definition) is 3. The number of aromatic nitrogens is 1. The van der Waals surface area contributed by atoms with Crippen LogP contribution in [0.4, 0.5) is 5.69 Å². The summed E-state index contributed by atoms with van der Waals surface area (Å²) in [5.41, 5.74) is 1.44. The van der Waals surface area contributed by atoms with Crippen LogP contribution >= 0.6 is 0 Å². The quantitative estimate of drug-likeness (QED) is 0.676. The van der Waals surface area contributed by atoms with Crippen molar-refractivity contribution >= 4 is 28.4 Å². The predicted octanol–water partition coefficient (Wildman–Crippen LogP) is 2.65. The Balaban J connectivity index is 1.56. The van der Waals surface area contributed by atoms with Crippen LogP contribution in [0.5, 0.6) is 0 Å². The molecule has 2 aromatic rings. The lowest BCUT2D eigenvalue weighted by molar-refractivity contribution is -0.136. The molecule has 2 N–H and O–H groups in total. The molecule has 1 aromatic heterocycles. The first-order valence-electron chi connectivity index (χ1n) is 7.81. The summed E-state index contributed by atoms with van der Waals surface area (Å²) >= 11 is 0. The van der Waals surface area contributed by atoms with Crippen LogP contribution in [-0.2, 0) is 9.59 Å². The van der Waals surface area contributed by atoms with Gasteiger partial charge in [0.15, 0.2) is 0 Å². The van der Waals surface area contributed by atoms with Crippen LogP contribution in [0.1, 0.15) is 19.3 Å². The van der Waals surface area contributed by atoms with Crippen molar-refractivity contribution in [3.05, 3.63) is 48.7 Å². The number of benzene rings is 1. The van der Waals surface area contributed by atoms with E-state index >= 15 is 0 Å². The number of amides is 2. The minimum absolute atomic E-state index is 0.420. The third-order valence-electron chi connectivity index (χ3n) is 4.00. The molecule has 1 atom stereocenters. The van der Waals surface area contributed by atoms with Gasteiger partial charge in [0, 0.05) is 23.8 Å². The second kappa shape index (κ2) is 7.05. The van der Waals surface area contributed by atoms with E-state index in [-0.39, 0.29) is 0 Å². The number of pyridine rings is 1. The lowest BCUT2D eigenvalue weighted by Crippen LogP contribution is -2.38. The first-order chi connectivity index (χ1) is 11.2. The maximum atomic E-state index is 12.0. The summed E-state index contributed by atoms with van der Waals surface area (Å²) in [6.07, 6.45) is 9.05. The van der Waals surface area contributed by atoms with E-state index in [1.165, 1.54) is 0 Å². The fourth-order valence-corrected chi connectivity index (χ4v) is 2.70. The van der Waals surface area contributed by atoms with Gasteiger partial charge in [0.05, 0.1) is 5.52 Å². The highest BCUT2D eigenvalue weighted by molar-refractivity contribution is 6.39. The predicted molar refractivity (Wildman–Crippen MR) is 89.9 cm³/mol. The molecule has 0 fully saturated rings. The fraction of sp³-hybridized carbons (Fsp3) is 0.278. The number of hydrogen-bond donors (Lipinski definition) is 2. The summed E-state index contributed by atoms with van der Waals surface area (Å²) in [4.78, 5) is 28.1. The molecular weight excluding hydrogens is 290 g/mol. The van der Waals surface area contributed by atoms with Crippen LogP contribution in [0.2, 0.25) is 0 Å². The zero-order valence-electron chi connectivity index (χ0n) is 12.8. The molecule has 0 saturated heterocycles. The van der Waals surface area contributed by atoms with Crippen molar-refractivity contribution in [2.75, 3.05) is 11.9 Å². The summed E-state index contributed by atoms with van der Waals surface area (Å²) in [5.74, 6) is -0.811. The molecule has 0 spiro atoms. The molecular formula is C18H19N3O2. The Kier molecular flexibility index (Phi) is 4.66. The van der Waals surface area contributed by atoms with Gasteiger partial charge in [-0.25, -0.2) is 0 Å². The number of nitrogens with zero attached hydrogens (tertiary/aromatic N) is 1. The van der Waals surface area contributed by atoms with Gasteiger partial charge in [-0.3, -0.25) is 14.6 Å². The normalized spacial score (nSPS) is 17.0. The van der Waals surface area contributed by atoms with Crippen molar-refractivity contribution in [3.63, 3.8) is 0 Å². The van der Waals surface area contributed by atoms with Gasteiger partial charge in [-0.05, 0) is 49.4 Å². The molecule has 3 rings (SSSR count). The van der Waals surface area contributed by atoms with E-state index in [1.54, 1.807) is 18.3 Å². The molecule has 1 heterocycles. The number of rotatable bonds is 3. The van der Waals surface area contributed by atoms with Crippen LogP contribution in [0.15, 0.2) is 48.7 Å². The summed E-state index contributed by atoms with van der Waals surface area (Å²) in [6.45, 7) is 0.540. The number of nitrogens with one attached hydrogen (secondary N) is 2. The molecule has 0 aliphatic heterocycles. The van der Waals surface area contributed by atoms with Gasteiger partial charge >= 0.3 is 11.8 Å². The standard InChI is InChI=1S/C18H19N3O2/c22-17(20-12-13-5-2-1-3-6-13)18(23)21-15-8-9-16-14(11-15)7-4-10-19-16/h1-2,4,7-11,13H,3,5-6,12H2,(H,20,22)(H,21,23). The number of allylic oxidation sites excluding steroid dienone is 2. The van der Waals surface area contributed by atoms with E-state index in [1.807, 2.05) is 18.2 Å². The van der Waals surface area contributed by atoms with E-state index in [2.05, 4.69) is 27.8 Å². The Hall–Kier alpha value is -2.69.